The van der Waals surface area contributed by atoms with Crippen LogP contribution in [-0.4, -0.2) is 62.0 Å². The van der Waals surface area contributed by atoms with Crippen molar-refractivity contribution in [3.63, 3.8) is 0 Å². The number of hydrogen-bond donors (Lipinski definition) is 2. The van der Waals surface area contributed by atoms with E-state index in [0.29, 0.717) is 5.41 Å². The minimum absolute atomic E-state index is 0.00166. The Hall–Kier alpha value is -0.160. The quantitative estimate of drug-likeness (QED) is 0.765. The van der Waals surface area contributed by atoms with Gasteiger partial charge in [0.1, 0.15) is 0 Å². The normalized spacial score (nSPS) is 32.8. The Kier molecular flexibility index (Phi) is 5.01. The number of nitrogens with one attached hydrogen (secondary N) is 1. The molecule has 2 rings (SSSR count). The average molecular weight is 256 g/mol. The molecule has 1 heterocycles. The fraction of sp³-hybridized carbons (Fsp3) is 1.00. The third-order valence-electron chi connectivity index (χ3n) is 4.38. The van der Waals surface area contributed by atoms with Gasteiger partial charge < -0.3 is 15.2 Å². The molecule has 2 N–H and O–H groups in total. The van der Waals surface area contributed by atoms with E-state index in [9.17, 15) is 5.11 Å². The van der Waals surface area contributed by atoms with Gasteiger partial charge in [-0.1, -0.05) is 12.8 Å². The van der Waals surface area contributed by atoms with Gasteiger partial charge in [0, 0.05) is 26.2 Å². The Bertz CT molecular complexity index is 254. The van der Waals surface area contributed by atoms with Crippen LogP contribution >= 0.6 is 0 Å². The Morgan fingerprint density at radius 1 is 1.33 bits per heavy atom. The zero-order valence-electron chi connectivity index (χ0n) is 11.8. The number of aliphatic hydroxyl groups excluding tert-OH is 1. The molecule has 0 radical (unpaired) electrons. The van der Waals surface area contributed by atoms with Crippen molar-refractivity contribution in [1.82, 2.24) is 10.2 Å². The minimum Gasteiger partial charge on any atom is -0.394 e. The van der Waals surface area contributed by atoms with Crippen LogP contribution in [0.2, 0.25) is 0 Å². The molecular weight excluding hydrogens is 228 g/mol. The first-order chi connectivity index (χ1) is 8.67. The Labute approximate surface area is 111 Å². The maximum Gasteiger partial charge on any atom is 0.0936 e. The predicted molar refractivity (Wildman–Crippen MR) is 72.7 cm³/mol. The highest BCUT2D eigenvalue weighted by atomic mass is 16.5. The SMILES string of the molecule is CNCC1(CN2CC(C)OC(CO)C2)CCCC1. The van der Waals surface area contributed by atoms with Crippen LogP contribution in [-0.2, 0) is 4.74 Å². The monoisotopic (exact) mass is 256 g/mol. The van der Waals surface area contributed by atoms with Crippen molar-refractivity contribution in [2.75, 3.05) is 39.8 Å². The molecule has 2 aliphatic rings. The maximum absolute atomic E-state index is 9.29. The molecule has 1 saturated heterocycles. The van der Waals surface area contributed by atoms with E-state index in [0.717, 1.165) is 26.2 Å². The second-order valence-electron chi connectivity index (χ2n) is 6.18. The van der Waals surface area contributed by atoms with Crippen LogP contribution in [0.4, 0.5) is 0 Å². The molecule has 0 aromatic rings. The molecule has 1 saturated carbocycles. The van der Waals surface area contributed by atoms with Gasteiger partial charge in [-0.15, -0.1) is 0 Å². The number of nitrogens with zero attached hydrogens (tertiary/aromatic N) is 1. The van der Waals surface area contributed by atoms with E-state index in [1.54, 1.807) is 0 Å². The number of rotatable bonds is 5. The van der Waals surface area contributed by atoms with E-state index in [1.807, 2.05) is 0 Å². The number of morpholine rings is 1. The van der Waals surface area contributed by atoms with Crippen LogP contribution in [0.15, 0.2) is 0 Å². The van der Waals surface area contributed by atoms with Crippen LogP contribution in [0.5, 0.6) is 0 Å². The standard InChI is InChI=1S/C14H28N2O2/c1-12-7-16(8-13(9-17)18-12)11-14(10-15-2)5-3-4-6-14/h12-13,15,17H,3-11H2,1-2H3. The average Bonchev–Trinajstić information content (AvgIpc) is 2.77. The van der Waals surface area contributed by atoms with E-state index >= 15 is 0 Å². The molecule has 106 valence electrons. The summed E-state index contributed by atoms with van der Waals surface area (Å²) < 4.78 is 5.72. The molecule has 1 aliphatic carbocycles. The molecular formula is C14H28N2O2. The summed E-state index contributed by atoms with van der Waals surface area (Å²) in [5.74, 6) is 0. The summed E-state index contributed by atoms with van der Waals surface area (Å²) in [7, 11) is 2.05. The lowest BCUT2D eigenvalue weighted by molar-refractivity contribution is -0.102. The summed E-state index contributed by atoms with van der Waals surface area (Å²) in [5, 5.41) is 12.7. The van der Waals surface area contributed by atoms with Crippen LogP contribution < -0.4 is 5.32 Å². The minimum atomic E-state index is 0.00166. The predicted octanol–water partition coefficient (Wildman–Crippen LogP) is 0.848. The van der Waals surface area contributed by atoms with Crippen LogP contribution in [0.25, 0.3) is 0 Å². The number of ether oxygens (including phenoxy) is 1. The van der Waals surface area contributed by atoms with E-state index in [4.69, 9.17) is 4.74 Å². The highest BCUT2D eigenvalue weighted by Gasteiger charge is 2.37. The van der Waals surface area contributed by atoms with Gasteiger partial charge in [-0.2, -0.15) is 0 Å². The summed E-state index contributed by atoms with van der Waals surface area (Å²) in [6, 6.07) is 0. The molecule has 0 spiro atoms. The second-order valence-corrected chi connectivity index (χ2v) is 6.18. The molecule has 2 fully saturated rings. The van der Waals surface area contributed by atoms with Crippen molar-refractivity contribution in [3.05, 3.63) is 0 Å². The summed E-state index contributed by atoms with van der Waals surface area (Å²) in [6.07, 6.45) is 5.65. The summed E-state index contributed by atoms with van der Waals surface area (Å²) in [5.41, 5.74) is 0.450. The van der Waals surface area contributed by atoms with Gasteiger partial charge in [0.2, 0.25) is 0 Å². The summed E-state index contributed by atoms with van der Waals surface area (Å²) in [6.45, 7) is 6.39. The van der Waals surface area contributed by atoms with Crippen molar-refractivity contribution >= 4 is 0 Å². The van der Waals surface area contributed by atoms with Crippen molar-refractivity contribution < 1.29 is 9.84 Å². The van der Waals surface area contributed by atoms with E-state index in [2.05, 4.69) is 24.2 Å². The lowest BCUT2D eigenvalue weighted by Crippen LogP contribution is -2.52. The number of hydrogen-bond acceptors (Lipinski definition) is 4. The highest BCUT2D eigenvalue weighted by Crippen LogP contribution is 2.38. The second kappa shape index (κ2) is 6.33. The smallest absolute Gasteiger partial charge is 0.0936 e. The van der Waals surface area contributed by atoms with Gasteiger partial charge >= 0.3 is 0 Å². The van der Waals surface area contributed by atoms with Crippen molar-refractivity contribution in [1.29, 1.82) is 0 Å². The van der Waals surface area contributed by atoms with Crippen molar-refractivity contribution in [3.8, 4) is 0 Å². The maximum atomic E-state index is 9.29. The van der Waals surface area contributed by atoms with Crippen LogP contribution in [0.1, 0.15) is 32.6 Å². The molecule has 0 aromatic carbocycles. The fourth-order valence-corrected chi connectivity index (χ4v) is 3.74. The van der Waals surface area contributed by atoms with Crippen molar-refractivity contribution in [2.45, 2.75) is 44.8 Å². The van der Waals surface area contributed by atoms with Gasteiger partial charge in [0.15, 0.2) is 0 Å². The highest BCUT2D eigenvalue weighted by molar-refractivity contribution is 4.90. The van der Waals surface area contributed by atoms with Gasteiger partial charge in [0.25, 0.3) is 0 Å². The number of aliphatic hydroxyl groups is 1. The Morgan fingerprint density at radius 3 is 2.67 bits per heavy atom. The molecule has 18 heavy (non-hydrogen) atoms. The van der Waals surface area contributed by atoms with Gasteiger partial charge in [-0.05, 0) is 32.2 Å². The van der Waals surface area contributed by atoms with Crippen molar-refractivity contribution in [2.24, 2.45) is 5.41 Å². The van der Waals surface area contributed by atoms with Crippen LogP contribution in [0, 0.1) is 5.41 Å². The third-order valence-corrected chi connectivity index (χ3v) is 4.38. The Balaban J connectivity index is 1.93. The molecule has 2 atom stereocenters. The first-order valence-corrected chi connectivity index (χ1v) is 7.31. The molecule has 2 unspecified atom stereocenters. The molecule has 4 nitrogen and oxygen atoms in total. The molecule has 0 bridgehead atoms. The first-order valence-electron chi connectivity index (χ1n) is 7.31. The van der Waals surface area contributed by atoms with Gasteiger partial charge in [-0.3, -0.25) is 4.90 Å². The fourth-order valence-electron chi connectivity index (χ4n) is 3.74. The third kappa shape index (κ3) is 3.44. The lowest BCUT2D eigenvalue weighted by atomic mass is 9.85. The molecule has 0 amide bonds. The Morgan fingerprint density at radius 2 is 2.06 bits per heavy atom. The van der Waals surface area contributed by atoms with Crippen LogP contribution in [0.3, 0.4) is 0 Å². The molecule has 1 aliphatic heterocycles. The zero-order valence-corrected chi connectivity index (χ0v) is 11.8. The summed E-state index contributed by atoms with van der Waals surface area (Å²) in [4.78, 5) is 2.50. The zero-order chi connectivity index (χ0) is 13.0. The molecule has 0 aromatic heterocycles. The molecule has 4 heteroatoms. The van der Waals surface area contributed by atoms with Gasteiger partial charge in [0.05, 0.1) is 18.8 Å². The summed E-state index contributed by atoms with van der Waals surface area (Å²) >= 11 is 0. The first kappa shape index (κ1) is 14.3. The topological polar surface area (TPSA) is 44.7 Å². The van der Waals surface area contributed by atoms with Gasteiger partial charge in [-0.25, -0.2) is 0 Å². The lowest BCUT2D eigenvalue weighted by Gasteiger charge is -2.41. The largest absolute Gasteiger partial charge is 0.394 e. The van der Waals surface area contributed by atoms with E-state index in [-0.39, 0.29) is 18.8 Å². The van der Waals surface area contributed by atoms with E-state index in [1.165, 1.54) is 25.7 Å². The van der Waals surface area contributed by atoms with E-state index < -0.39 is 0 Å².